The number of nitrogen functional groups attached to an aromatic ring is 1. The molecule has 2 saturated heterocycles. The van der Waals surface area contributed by atoms with Gasteiger partial charge in [-0.05, 0) is 18.2 Å². The third-order valence-corrected chi connectivity index (χ3v) is 6.67. The molecular weight excluding hydrogens is 398 g/mol. The second kappa shape index (κ2) is 8.35. The maximum Gasteiger partial charge on any atom is 0.351 e. The first kappa shape index (κ1) is 21.6. The van der Waals surface area contributed by atoms with Crippen molar-refractivity contribution in [2.45, 2.75) is 57.3 Å². The molecule has 29 heavy (non-hydrogen) atoms. The van der Waals surface area contributed by atoms with Gasteiger partial charge in [0.1, 0.15) is 23.3 Å². The molecule has 160 valence electrons. The number of nitrogens with zero attached hydrogens (tertiary/aromatic N) is 2. The third-order valence-electron chi connectivity index (χ3n) is 5.08. The molecule has 2 N–H and O–H groups in total. The minimum absolute atomic E-state index is 0.0665. The van der Waals surface area contributed by atoms with Crippen LogP contribution in [0.25, 0.3) is 0 Å². The summed E-state index contributed by atoms with van der Waals surface area (Å²) >= 11 is 1.58. The standard InChI is InChI=1S/C19H27N3O6S/c1-10(2)15(23)26-9-12-14(28-16(24)11(3)4)19(6-8-29-19)17(27-12)22-7-5-13(20)21-18(22)25/h5,7,10-12,14,17H,6,8-9H2,1-4H3,(H2,20,21,25). The molecule has 4 unspecified atom stereocenters. The Bertz CT molecular complexity index is 835. The molecule has 0 saturated carbocycles. The van der Waals surface area contributed by atoms with Gasteiger partial charge in [0.25, 0.3) is 0 Å². The zero-order valence-electron chi connectivity index (χ0n) is 17.0. The number of hydrogen-bond donors (Lipinski definition) is 1. The Morgan fingerprint density at radius 1 is 1.34 bits per heavy atom. The number of carbonyl (C=O) groups excluding carboxylic acids is 2. The molecule has 4 atom stereocenters. The lowest BCUT2D eigenvalue weighted by molar-refractivity contribution is -0.162. The Morgan fingerprint density at radius 3 is 2.52 bits per heavy atom. The van der Waals surface area contributed by atoms with Crippen LogP contribution in [0.3, 0.4) is 0 Å². The van der Waals surface area contributed by atoms with Gasteiger partial charge in [0, 0.05) is 6.20 Å². The summed E-state index contributed by atoms with van der Waals surface area (Å²) in [6, 6.07) is 1.52. The Balaban J connectivity index is 1.93. The largest absolute Gasteiger partial charge is 0.463 e. The summed E-state index contributed by atoms with van der Waals surface area (Å²) in [4.78, 5) is 40.6. The summed E-state index contributed by atoms with van der Waals surface area (Å²) in [6.07, 6.45) is 0.145. The van der Waals surface area contributed by atoms with Crippen LogP contribution in [0.5, 0.6) is 0 Å². The van der Waals surface area contributed by atoms with Crippen molar-refractivity contribution < 1.29 is 23.8 Å². The van der Waals surface area contributed by atoms with Crippen LogP contribution in [0.4, 0.5) is 5.82 Å². The molecule has 3 rings (SSSR count). The Hall–Kier alpha value is -2.07. The van der Waals surface area contributed by atoms with E-state index in [0.29, 0.717) is 6.42 Å². The molecule has 10 heteroatoms. The lowest BCUT2D eigenvalue weighted by atomic mass is 9.93. The molecule has 0 radical (unpaired) electrons. The van der Waals surface area contributed by atoms with E-state index >= 15 is 0 Å². The maximum atomic E-state index is 12.4. The number of aromatic nitrogens is 2. The minimum Gasteiger partial charge on any atom is -0.463 e. The second-order valence-electron chi connectivity index (χ2n) is 7.92. The van der Waals surface area contributed by atoms with Gasteiger partial charge < -0.3 is 19.9 Å². The van der Waals surface area contributed by atoms with Gasteiger partial charge in [-0.3, -0.25) is 14.2 Å². The van der Waals surface area contributed by atoms with Crippen LogP contribution >= 0.6 is 11.8 Å². The van der Waals surface area contributed by atoms with Crippen molar-refractivity contribution in [2.75, 3.05) is 18.1 Å². The van der Waals surface area contributed by atoms with E-state index in [0.717, 1.165) is 5.75 Å². The lowest BCUT2D eigenvalue weighted by Gasteiger charge is -2.44. The third kappa shape index (κ3) is 4.13. The van der Waals surface area contributed by atoms with Gasteiger partial charge in [-0.1, -0.05) is 27.7 Å². The first-order valence-electron chi connectivity index (χ1n) is 9.67. The van der Waals surface area contributed by atoms with Gasteiger partial charge in [-0.2, -0.15) is 4.98 Å². The van der Waals surface area contributed by atoms with Gasteiger partial charge in [0.05, 0.1) is 11.8 Å². The molecule has 1 aromatic heterocycles. The molecule has 0 amide bonds. The van der Waals surface area contributed by atoms with Crippen LogP contribution < -0.4 is 11.4 Å². The number of anilines is 1. The highest BCUT2D eigenvalue weighted by atomic mass is 32.2. The van der Waals surface area contributed by atoms with Crippen LogP contribution in [0.2, 0.25) is 0 Å². The number of nitrogens with two attached hydrogens (primary N) is 1. The van der Waals surface area contributed by atoms with Crippen LogP contribution in [-0.4, -0.2) is 50.8 Å². The first-order valence-corrected chi connectivity index (χ1v) is 10.7. The fourth-order valence-electron chi connectivity index (χ4n) is 3.36. The molecule has 3 heterocycles. The summed E-state index contributed by atoms with van der Waals surface area (Å²) in [7, 11) is 0. The highest BCUT2D eigenvalue weighted by molar-refractivity contribution is 8.02. The highest BCUT2D eigenvalue weighted by Crippen LogP contribution is 2.57. The topological polar surface area (TPSA) is 123 Å². The summed E-state index contributed by atoms with van der Waals surface area (Å²) < 4.78 is 18.1. The molecule has 9 nitrogen and oxygen atoms in total. The van der Waals surface area contributed by atoms with E-state index in [1.54, 1.807) is 39.5 Å². The monoisotopic (exact) mass is 425 g/mol. The average molecular weight is 426 g/mol. The van der Waals surface area contributed by atoms with Crippen molar-refractivity contribution in [1.82, 2.24) is 9.55 Å². The Kier molecular flexibility index (Phi) is 6.23. The van der Waals surface area contributed by atoms with Gasteiger partial charge >= 0.3 is 17.6 Å². The summed E-state index contributed by atoms with van der Waals surface area (Å²) in [5, 5.41) is 0. The Labute approximate surface area is 173 Å². The van der Waals surface area contributed by atoms with E-state index in [1.807, 2.05) is 0 Å². The van der Waals surface area contributed by atoms with Gasteiger partial charge in [0.15, 0.2) is 12.3 Å². The number of hydrogen-bond acceptors (Lipinski definition) is 9. The number of thioether (sulfide) groups is 1. The van der Waals surface area contributed by atoms with Crippen molar-refractivity contribution in [2.24, 2.45) is 11.8 Å². The number of esters is 2. The second-order valence-corrected chi connectivity index (χ2v) is 9.38. The quantitative estimate of drug-likeness (QED) is 0.673. The van der Waals surface area contributed by atoms with E-state index in [9.17, 15) is 14.4 Å². The van der Waals surface area contributed by atoms with Crippen molar-refractivity contribution >= 4 is 29.5 Å². The van der Waals surface area contributed by atoms with Crippen molar-refractivity contribution in [1.29, 1.82) is 0 Å². The van der Waals surface area contributed by atoms with Crippen LogP contribution in [0.1, 0.15) is 40.3 Å². The number of rotatable bonds is 6. The fourth-order valence-corrected chi connectivity index (χ4v) is 4.72. The molecule has 0 aromatic carbocycles. The first-order chi connectivity index (χ1) is 13.7. The van der Waals surface area contributed by atoms with E-state index < -0.39 is 28.9 Å². The van der Waals surface area contributed by atoms with Crippen molar-refractivity contribution in [3.8, 4) is 0 Å². The zero-order chi connectivity index (χ0) is 21.3. The normalized spacial score (nSPS) is 28.6. The predicted molar refractivity (Wildman–Crippen MR) is 107 cm³/mol. The maximum absolute atomic E-state index is 12.4. The van der Waals surface area contributed by atoms with E-state index in [1.165, 1.54) is 16.8 Å². The molecule has 2 aliphatic heterocycles. The van der Waals surface area contributed by atoms with E-state index in [4.69, 9.17) is 19.9 Å². The van der Waals surface area contributed by atoms with Crippen LogP contribution in [0, 0.1) is 11.8 Å². The van der Waals surface area contributed by atoms with Crippen LogP contribution in [-0.2, 0) is 23.8 Å². The van der Waals surface area contributed by atoms with Crippen LogP contribution in [0.15, 0.2) is 17.1 Å². The fraction of sp³-hybridized carbons (Fsp3) is 0.684. The Morgan fingerprint density at radius 2 is 2.00 bits per heavy atom. The minimum atomic E-state index is -0.713. The number of carbonyl (C=O) groups is 2. The summed E-state index contributed by atoms with van der Waals surface area (Å²) in [5.74, 6) is -0.396. The van der Waals surface area contributed by atoms with E-state index in [-0.39, 0.29) is 36.2 Å². The molecule has 0 aliphatic carbocycles. The van der Waals surface area contributed by atoms with Crippen molar-refractivity contribution in [3.05, 3.63) is 22.7 Å². The molecule has 0 bridgehead atoms. The molecule has 1 aromatic rings. The molecular formula is C19H27N3O6S. The van der Waals surface area contributed by atoms with Crippen molar-refractivity contribution in [3.63, 3.8) is 0 Å². The van der Waals surface area contributed by atoms with E-state index in [2.05, 4.69) is 4.98 Å². The van der Waals surface area contributed by atoms with Gasteiger partial charge in [-0.25, -0.2) is 4.79 Å². The molecule has 2 fully saturated rings. The summed E-state index contributed by atoms with van der Waals surface area (Å²) in [6.45, 7) is 6.90. The highest BCUT2D eigenvalue weighted by Gasteiger charge is 2.63. The zero-order valence-corrected chi connectivity index (χ0v) is 17.8. The predicted octanol–water partition coefficient (Wildman–Crippen LogP) is 1.37. The van der Waals surface area contributed by atoms with Gasteiger partial charge in [-0.15, -0.1) is 11.8 Å². The summed E-state index contributed by atoms with van der Waals surface area (Å²) in [5.41, 5.74) is 5.06. The SMILES string of the molecule is CC(C)C(=O)OCC1OC(n2ccc(N)nc2=O)C2(CCS2)C1OC(=O)C(C)C. The smallest absolute Gasteiger partial charge is 0.351 e. The van der Waals surface area contributed by atoms with Gasteiger partial charge in [0.2, 0.25) is 0 Å². The molecule has 2 aliphatic rings. The average Bonchev–Trinajstić information content (AvgIpc) is 2.93. The number of ether oxygens (including phenoxy) is 3. The molecule has 1 spiro atoms. The lowest BCUT2D eigenvalue weighted by Crippen LogP contribution is -2.53.